The SMILES string of the molecule is CC(C)(CCC1CC2CCCC1C2)OC(=O)c1cc(C(=O)OC(C)(C)C23CC4CC2CC4C3)cc(S(=O)(=O)O)c1. The third-order valence-electron chi connectivity index (χ3n) is 11.7. The van der Waals surface area contributed by atoms with Crippen LogP contribution in [0.1, 0.15) is 119 Å². The van der Waals surface area contributed by atoms with Gasteiger partial charge in [-0.2, -0.15) is 8.42 Å². The molecule has 6 fully saturated rings. The van der Waals surface area contributed by atoms with Gasteiger partial charge in [0.1, 0.15) is 11.2 Å². The fourth-order valence-corrected chi connectivity index (χ4v) is 10.3. The number of fused-ring (bicyclic) bond motifs is 2. The normalized spacial score (nSPS) is 34.4. The minimum absolute atomic E-state index is 0.0533. The van der Waals surface area contributed by atoms with Gasteiger partial charge in [-0.3, -0.25) is 4.55 Å². The average molecular weight is 573 g/mol. The Labute approximate surface area is 238 Å². The summed E-state index contributed by atoms with van der Waals surface area (Å²) < 4.78 is 46.0. The van der Waals surface area contributed by atoms with E-state index in [2.05, 4.69) is 0 Å². The summed E-state index contributed by atoms with van der Waals surface area (Å²) in [6.07, 6.45) is 12.7. The molecule has 7 rings (SSSR count). The lowest BCUT2D eigenvalue weighted by molar-refractivity contribution is -0.0833. The van der Waals surface area contributed by atoms with Gasteiger partial charge in [0, 0.05) is 5.41 Å². The first-order valence-electron chi connectivity index (χ1n) is 15.3. The smallest absolute Gasteiger partial charge is 0.338 e. The molecule has 1 aromatic carbocycles. The Morgan fingerprint density at radius 3 is 2.08 bits per heavy atom. The lowest BCUT2D eigenvalue weighted by Gasteiger charge is -2.43. The molecule has 5 atom stereocenters. The predicted octanol–water partition coefficient (Wildman–Crippen LogP) is 6.85. The van der Waals surface area contributed by atoms with Crippen molar-refractivity contribution in [1.82, 2.24) is 0 Å². The highest BCUT2D eigenvalue weighted by Gasteiger charge is 2.69. The van der Waals surface area contributed by atoms with Crippen LogP contribution in [0.3, 0.4) is 0 Å². The maximum absolute atomic E-state index is 13.4. The van der Waals surface area contributed by atoms with E-state index in [-0.39, 0.29) is 16.5 Å². The van der Waals surface area contributed by atoms with Crippen LogP contribution < -0.4 is 0 Å². The molecule has 0 aliphatic heterocycles. The van der Waals surface area contributed by atoms with Gasteiger partial charge in [-0.15, -0.1) is 0 Å². The lowest BCUT2D eigenvalue weighted by Crippen LogP contribution is -2.46. The highest BCUT2D eigenvalue weighted by Crippen LogP contribution is 2.73. The van der Waals surface area contributed by atoms with Crippen molar-refractivity contribution in [1.29, 1.82) is 0 Å². The molecule has 8 heteroatoms. The van der Waals surface area contributed by atoms with Crippen LogP contribution in [0.25, 0.3) is 0 Å². The molecule has 1 aromatic rings. The zero-order chi connectivity index (χ0) is 28.7. The van der Waals surface area contributed by atoms with E-state index in [1.165, 1.54) is 51.0 Å². The van der Waals surface area contributed by atoms with Crippen molar-refractivity contribution in [2.45, 2.75) is 114 Å². The molecule has 0 radical (unpaired) electrons. The summed E-state index contributed by atoms with van der Waals surface area (Å²) in [6, 6.07) is 3.48. The van der Waals surface area contributed by atoms with Gasteiger partial charge in [0.2, 0.25) is 0 Å². The first-order valence-corrected chi connectivity index (χ1v) is 16.7. The van der Waals surface area contributed by atoms with Crippen LogP contribution in [-0.2, 0) is 19.6 Å². The summed E-state index contributed by atoms with van der Waals surface area (Å²) in [5.74, 6) is 2.84. The molecular weight excluding hydrogens is 528 g/mol. The Morgan fingerprint density at radius 2 is 1.52 bits per heavy atom. The Morgan fingerprint density at radius 1 is 0.900 bits per heavy atom. The van der Waals surface area contributed by atoms with Crippen molar-refractivity contribution in [3.05, 3.63) is 29.3 Å². The van der Waals surface area contributed by atoms with Crippen molar-refractivity contribution in [3.63, 3.8) is 0 Å². The van der Waals surface area contributed by atoms with E-state index in [9.17, 15) is 22.6 Å². The molecule has 7 nitrogen and oxygen atoms in total. The zero-order valence-corrected chi connectivity index (χ0v) is 25.1. The van der Waals surface area contributed by atoms with E-state index >= 15 is 0 Å². The molecule has 5 unspecified atom stereocenters. The van der Waals surface area contributed by atoms with Crippen LogP contribution in [0.15, 0.2) is 23.1 Å². The van der Waals surface area contributed by atoms with Crippen LogP contribution in [-0.4, -0.2) is 36.1 Å². The summed E-state index contributed by atoms with van der Waals surface area (Å²) >= 11 is 0. The second-order valence-electron chi connectivity index (χ2n) is 14.9. The monoisotopic (exact) mass is 572 g/mol. The summed E-state index contributed by atoms with van der Waals surface area (Å²) in [6.45, 7) is 7.65. The van der Waals surface area contributed by atoms with Crippen LogP contribution >= 0.6 is 0 Å². The summed E-state index contributed by atoms with van der Waals surface area (Å²) in [5, 5.41) is 0. The molecular formula is C32H44O7S. The number of carbonyl (C=O) groups is 2. The molecule has 40 heavy (non-hydrogen) atoms. The average Bonchev–Trinajstić information content (AvgIpc) is 3.66. The number of esters is 2. The maximum Gasteiger partial charge on any atom is 0.338 e. The van der Waals surface area contributed by atoms with E-state index in [1.807, 2.05) is 27.7 Å². The van der Waals surface area contributed by atoms with Gasteiger partial charge in [-0.25, -0.2) is 9.59 Å². The molecule has 6 saturated carbocycles. The number of hydrogen-bond acceptors (Lipinski definition) is 6. The zero-order valence-electron chi connectivity index (χ0n) is 24.3. The van der Waals surface area contributed by atoms with Gasteiger partial charge >= 0.3 is 11.9 Å². The van der Waals surface area contributed by atoms with Crippen LogP contribution in [0.2, 0.25) is 0 Å². The lowest BCUT2D eigenvalue weighted by atomic mass is 9.68. The van der Waals surface area contributed by atoms with Gasteiger partial charge in [-0.05, 0) is 133 Å². The van der Waals surface area contributed by atoms with Gasteiger partial charge in [0.15, 0.2) is 0 Å². The molecule has 6 aliphatic rings. The van der Waals surface area contributed by atoms with E-state index in [0.29, 0.717) is 30.1 Å². The first-order chi connectivity index (χ1) is 18.7. The Balaban J connectivity index is 1.17. The number of carbonyl (C=O) groups excluding carboxylic acids is 2. The van der Waals surface area contributed by atoms with Crippen molar-refractivity contribution in [3.8, 4) is 0 Å². The van der Waals surface area contributed by atoms with Gasteiger partial charge < -0.3 is 9.47 Å². The second-order valence-corrected chi connectivity index (χ2v) is 16.3. The van der Waals surface area contributed by atoms with Crippen molar-refractivity contribution >= 4 is 22.1 Å². The Hall–Kier alpha value is -1.93. The van der Waals surface area contributed by atoms with Crippen molar-refractivity contribution in [2.75, 3.05) is 0 Å². The van der Waals surface area contributed by atoms with Crippen molar-refractivity contribution in [2.24, 2.45) is 40.9 Å². The van der Waals surface area contributed by atoms with Crippen LogP contribution in [0, 0.1) is 40.9 Å². The van der Waals surface area contributed by atoms with Crippen molar-refractivity contribution < 1.29 is 32.0 Å². The summed E-state index contributed by atoms with van der Waals surface area (Å²) in [7, 11) is -4.68. The molecule has 0 amide bonds. The summed E-state index contributed by atoms with van der Waals surface area (Å²) in [5.41, 5.74) is -1.72. The third kappa shape index (κ3) is 4.91. The highest BCUT2D eigenvalue weighted by molar-refractivity contribution is 7.85. The molecule has 220 valence electrons. The third-order valence-corrected chi connectivity index (χ3v) is 12.5. The molecule has 0 spiro atoms. The topological polar surface area (TPSA) is 107 Å². The molecule has 6 bridgehead atoms. The molecule has 0 heterocycles. The highest BCUT2D eigenvalue weighted by atomic mass is 32.2. The molecule has 1 N–H and O–H groups in total. The number of rotatable bonds is 9. The Bertz CT molecular complexity index is 1300. The minimum Gasteiger partial charge on any atom is -0.456 e. The van der Waals surface area contributed by atoms with Gasteiger partial charge in [0.25, 0.3) is 10.1 Å². The number of benzene rings is 1. The van der Waals surface area contributed by atoms with Gasteiger partial charge in [-0.1, -0.05) is 19.3 Å². The fourth-order valence-electron chi connectivity index (χ4n) is 9.72. The largest absolute Gasteiger partial charge is 0.456 e. The quantitative estimate of drug-likeness (QED) is 0.255. The Kier molecular flexibility index (Phi) is 6.73. The molecule has 6 aliphatic carbocycles. The van der Waals surface area contributed by atoms with Crippen LogP contribution in [0.4, 0.5) is 0 Å². The van der Waals surface area contributed by atoms with E-state index in [1.54, 1.807) is 0 Å². The number of ether oxygens (including phenoxy) is 2. The fraction of sp³-hybridized carbons (Fsp3) is 0.750. The van der Waals surface area contributed by atoms with E-state index < -0.39 is 38.2 Å². The maximum atomic E-state index is 13.4. The summed E-state index contributed by atoms with van der Waals surface area (Å²) in [4.78, 5) is 26.2. The molecule has 0 saturated heterocycles. The first kappa shape index (κ1) is 28.2. The minimum atomic E-state index is -4.68. The van der Waals surface area contributed by atoms with E-state index in [4.69, 9.17) is 9.47 Å². The predicted molar refractivity (Wildman–Crippen MR) is 149 cm³/mol. The van der Waals surface area contributed by atoms with Gasteiger partial charge in [0.05, 0.1) is 16.0 Å². The number of hydrogen-bond donors (Lipinski definition) is 1. The standard InChI is InChI=1S/C32H44O7S/c1-30(2,9-8-21-11-19-6-5-7-20(21)10-19)38-28(33)22-12-23(16-27(15-22)40(35,36)37)29(34)39-31(3,4)32-17-24-13-26(32)14-25(24)18-32/h12,15-16,19-21,24-26H,5-11,13-14,17-18H2,1-4H3,(H,35,36,37). The van der Waals surface area contributed by atoms with Crippen LogP contribution in [0.5, 0.6) is 0 Å². The second kappa shape index (κ2) is 9.55. The molecule has 0 aromatic heterocycles. The van der Waals surface area contributed by atoms with E-state index in [0.717, 1.165) is 43.2 Å².